The molecule has 140 valence electrons. The van der Waals surface area contributed by atoms with Crippen molar-refractivity contribution in [2.45, 2.75) is 26.8 Å². The fourth-order valence-electron chi connectivity index (χ4n) is 2.82. The van der Waals surface area contributed by atoms with E-state index in [0.717, 1.165) is 17.1 Å². The molecule has 5 nitrogen and oxygen atoms in total. The lowest BCUT2D eigenvalue weighted by Gasteiger charge is -2.17. The van der Waals surface area contributed by atoms with Gasteiger partial charge in [-0.3, -0.25) is 0 Å². The van der Waals surface area contributed by atoms with Crippen molar-refractivity contribution in [2.24, 2.45) is 0 Å². The standard InChI is InChI=1S/C21H23ClN4O/c1-13-10-18(19(27-4)11-17(13)22)26-21-12-20(24-15(3)25-21)23-14(2)16-8-6-5-7-9-16/h5-12,14H,1-4H3,(H2,23,24,25,26). The van der Waals surface area contributed by atoms with Gasteiger partial charge >= 0.3 is 0 Å². The van der Waals surface area contributed by atoms with Crippen LogP contribution >= 0.6 is 11.6 Å². The van der Waals surface area contributed by atoms with Gasteiger partial charge in [0.25, 0.3) is 0 Å². The largest absolute Gasteiger partial charge is 0.495 e. The van der Waals surface area contributed by atoms with Crippen LogP contribution in [0, 0.1) is 13.8 Å². The number of benzene rings is 2. The quantitative estimate of drug-likeness (QED) is 0.575. The molecule has 1 atom stereocenters. The Labute approximate surface area is 164 Å². The molecular weight excluding hydrogens is 360 g/mol. The van der Waals surface area contributed by atoms with Crippen LogP contribution in [-0.2, 0) is 0 Å². The highest BCUT2D eigenvalue weighted by atomic mass is 35.5. The summed E-state index contributed by atoms with van der Waals surface area (Å²) in [6.45, 7) is 5.92. The Bertz CT molecular complexity index is 931. The molecule has 0 radical (unpaired) electrons. The van der Waals surface area contributed by atoms with E-state index in [2.05, 4.69) is 39.7 Å². The monoisotopic (exact) mass is 382 g/mol. The van der Waals surface area contributed by atoms with Gasteiger partial charge < -0.3 is 15.4 Å². The van der Waals surface area contributed by atoms with Gasteiger partial charge in [0, 0.05) is 23.2 Å². The molecule has 0 aliphatic heterocycles. The zero-order chi connectivity index (χ0) is 19.4. The lowest BCUT2D eigenvalue weighted by Crippen LogP contribution is -2.09. The Hall–Kier alpha value is -2.79. The Morgan fingerprint density at radius 1 is 1.00 bits per heavy atom. The number of halogens is 1. The molecule has 0 saturated heterocycles. The summed E-state index contributed by atoms with van der Waals surface area (Å²) in [4.78, 5) is 8.99. The molecule has 2 N–H and O–H groups in total. The average Bonchev–Trinajstić information content (AvgIpc) is 2.64. The van der Waals surface area contributed by atoms with E-state index >= 15 is 0 Å². The van der Waals surface area contributed by atoms with Gasteiger partial charge in [-0.05, 0) is 38.0 Å². The molecule has 3 rings (SSSR count). The summed E-state index contributed by atoms with van der Waals surface area (Å²) in [5, 5.41) is 7.40. The van der Waals surface area contributed by atoms with Gasteiger partial charge in [-0.2, -0.15) is 0 Å². The van der Waals surface area contributed by atoms with Gasteiger partial charge in [-0.1, -0.05) is 41.9 Å². The number of methoxy groups -OCH3 is 1. The highest BCUT2D eigenvalue weighted by Gasteiger charge is 2.11. The van der Waals surface area contributed by atoms with E-state index in [9.17, 15) is 0 Å². The van der Waals surface area contributed by atoms with Gasteiger partial charge in [-0.25, -0.2) is 9.97 Å². The van der Waals surface area contributed by atoms with E-state index in [0.29, 0.717) is 22.4 Å². The van der Waals surface area contributed by atoms with Gasteiger partial charge in [0.1, 0.15) is 23.2 Å². The zero-order valence-corrected chi connectivity index (χ0v) is 16.6. The third kappa shape index (κ3) is 4.68. The Morgan fingerprint density at radius 3 is 2.41 bits per heavy atom. The number of aromatic nitrogens is 2. The Balaban J connectivity index is 1.85. The Kier molecular flexibility index (Phi) is 5.81. The number of nitrogens with one attached hydrogen (secondary N) is 2. The molecule has 0 aliphatic rings. The topological polar surface area (TPSA) is 59.1 Å². The fourth-order valence-corrected chi connectivity index (χ4v) is 2.97. The van der Waals surface area contributed by atoms with Crippen molar-refractivity contribution in [3.05, 3.63) is 70.5 Å². The molecule has 27 heavy (non-hydrogen) atoms. The normalized spacial score (nSPS) is 11.7. The predicted molar refractivity (Wildman–Crippen MR) is 111 cm³/mol. The van der Waals surface area contributed by atoms with E-state index < -0.39 is 0 Å². The lowest BCUT2D eigenvalue weighted by atomic mass is 10.1. The number of ether oxygens (including phenoxy) is 1. The molecule has 1 unspecified atom stereocenters. The molecule has 1 aromatic heterocycles. The van der Waals surface area contributed by atoms with Crippen LogP contribution in [0.15, 0.2) is 48.5 Å². The molecular formula is C21H23ClN4O. The van der Waals surface area contributed by atoms with Gasteiger partial charge in [0.15, 0.2) is 0 Å². The van der Waals surface area contributed by atoms with Gasteiger partial charge in [-0.15, -0.1) is 0 Å². The number of hydrogen-bond acceptors (Lipinski definition) is 5. The first kappa shape index (κ1) is 19.0. The second kappa shape index (κ2) is 8.27. The van der Waals surface area contributed by atoms with E-state index in [1.54, 1.807) is 13.2 Å². The van der Waals surface area contributed by atoms with Crippen LogP contribution in [0.1, 0.15) is 29.9 Å². The van der Waals surface area contributed by atoms with Crippen molar-refractivity contribution in [1.82, 2.24) is 9.97 Å². The second-order valence-electron chi connectivity index (χ2n) is 6.39. The summed E-state index contributed by atoms with van der Waals surface area (Å²) in [5.41, 5.74) is 2.96. The maximum absolute atomic E-state index is 6.19. The summed E-state index contributed by atoms with van der Waals surface area (Å²) in [7, 11) is 1.62. The number of nitrogens with zero attached hydrogens (tertiary/aromatic N) is 2. The van der Waals surface area contributed by atoms with E-state index in [-0.39, 0.29) is 6.04 Å². The summed E-state index contributed by atoms with van der Waals surface area (Å²) < 4.78 is 5.43. The van der Waals surface area contributed by atoms with E-state index in [1.165, 1.54) is 5.56 Å². The molecule has 0 saturated carbocycles. The van der Waals surface area contributed by atoms with Crippen LogP contribution in [0.3, 0.4) is 0 Å². The second-order valence-corrected chi connectivity index (χ2v) is 6.80. The van der Waals surface area contributed by atoms with Crippen LogP contribution in [0.4, 0.5) is 17.3 Å². The molecule has 0 spiro atoms. The molecule has 0 bridgehead atoms. The minimum Gasteiger partial charge on any atom is -0.495 e. The lowest BCUT2D eigenvalue weighted by molar-refractivity contribution is 0.416. The molecule has 3 aromatic rings. The zero-order valence-electron chi connectivity index (χ0n) is 15.9. The van der Waals surface area contributed by atoms with Crippen LogP contribution in [0.5, 0.6) is 5.75 Å². The van der Waals surface area contributed by atoms with E-state index in [1.807, 2.05) is 44.2 Å². The van der Waals surface area contributed by atoms with Crippen molar-refractivity contribution >= 4 is 28.9 Å². The van der Waals surface area contributed by atoms with E-state index in [4.69, 9.17) is 16.3 Å². The number of aryl methyl sites for hydroxylation is 2. The minimum atomic E-state index is 0.126. The van der Waals surface area contributed by atoms with Gasteiger partial charge in [0.05, 0.1) is 12.8 Å². The maximum Gasteiger partial charge on any atom is 0.143 e. The molecule has 1 heterocycles. The fraction of sp³-hybridized carbons (Fsp3) is 0.238. The summed E-state index contributed by atoms with van der Waals surface area (Å²) in [6, 6.07) is 16.0. The Morgan fingerprint density at radius 2 is 1.70 bits per heavy atom. The van der Waals surface area contributed by atoms with Crippen molar-refractivity contribution in [2.75, 3.05) is 17.7 Å². The first-order valence-electron chi connectivity index (χ1n) is 8.74. The minimum absolute atomic E-state index is 0.126. The summed E-state index contributed by atoms with van der Waals surface area (Å²) in [5.74, 6) is 2.78. The van der Waals surface area contributed by atoms with Gasteiger partial charge in [0.2, 0.25) is 0 Å². The maximum atomic E-state index is 6.19. The van der Waals surface area contributed by atoms with Crippen molar-refractivity contribution in [3.8, 4) is 5.75 Å². The number of hydrogen-bond donors (Lipinski definition) is 2. The predicted octanol–water partition coefficient (Wildman–Crippen LogP) is 5.67. The third-order valence-electron chi connectivity index (χ3n) is 4.25. The first-order valence-corrected chi connectivity index (χ1v) is 9.12. The van der Waals surface area contributed by atoms with Crippen LogP contribution < -0.4 is 15.4 Å². The smallest absolute Gasteiger partial charge is 0.143 e. The van der Waals surface area contributed by atoms with Crippen molar-refractivity contribution < 1.29 is 4.74 Å². The molecule has 0 aliphatic carbocycles. The first-order chi connectivity index (χ1) is 13.0. The number of anilines is 3. The van der Waals surface area contributed by atoms with Crippen LogP contribution in [0.25, 0.3) is 0 Å². The summed E-state index contributed by atoms with van der Waals surface area (Å²) in [6.07, 6.45) is 0. The molecule has 0 fully saturated rings. The molecule has 0 amide bonds. The average molecular weight is 383 g/mol. The van der Waals surface area contributed by atoms with Crippen LogP contribution in [0.2, 0.25) is 5.02 Å². The highest BCUT2D eigenvalue weighted by Crippen LogP contribution is 2.33. The van der Waals surface area contributed by atoms with Crippen LogP contribution in [-0.4, -0.2) is 17.1 Å². The molecule has 2 aromatic carbocycles. The molecule has 6 heteroatoms. The highest BCUT2D eigenvalue weighted by molar-refractivity contribution is 6.31. The van der Waals surface area contributed by atoms with Crippen molar-refractivity contribution in [3.63, 3.8) is 0 Å². The SMILES string of the molecule is COc1cc(Cl)c(C)cc1Nc1cc(NC(C)c2ccccc2)nc(C)n1. The van der Waals surface area contributed by atoms with Crippen molar-refractivity contribution in [1.29, 1.82) is 0 Å². The third-order valence-corrected chi connectivity index (χ3v) is 4.65. The number of rotatable bonds is 6. The summed E-state index contributed by atoms with van der Waals surface area (Å²) >= 11 is 6.19.